The van der Waals surface area contributed by atoms with Crippen LogP contribution in [0.4, 0.5) is 18.9 Å². The van der Waals surface area contributed by atoms with Crippen molar-refractivity contribution in [3.8, 4) is 22.9 Å². The molecule has 0 aromatic carbocycles. The van der Waals surface area contributed by atoms with Crippen LogP contribution < -0.4 is 14.4 Å². The number of rotatable bonds is 5. The van der Waals surface area contributed by atoms with E-state index in [9.17, 15) is 18.0 Å². The number of nitrogens with zero attached hydrogens (tertiary/aromatic N) is 5. The zero-order valence-corrected chi connectivity index (χ0v) is 18.7. The Morgan fingerprint density at radius 1 is 1.12 bits per heavy atom. The third-order valence-corrected chi connectivity index (χ3v) is 5.52. The van der Waals surface area contributed by atoms with Gasteiger partial charge in [-0.2, -0.15) is 18.3 Å². The van der Waals surface area contributed by atoms with Crippen LogP contribution in [0, 0.1) is 6.92 Å². The lowest BCUT2D eigenvalue weighted by molar-refractivity contribution is -0.142. The molecule has 0 spiro atoms. The largest absolute Gasteiger partial charge is 0.491 e. The van der Waals surface area contributed by atoms with Gasteiger partial charge in [-0.15, -0.1) is 0 Å². The monoisotopic (exact) mass is 461 g/mol. The SMILES string of the molecule is COc1cc(-c2cc(C)c3c(n2)C(C)(C)N(c2cnn(CC(F)(F)F)c2)C3=O)cnc1OC. The first-order chi connectivity index (χ1) is 15.5. The van der Waals surface area contributed by atoms with Crippen LogP contribution in [-0.4, -0.2) is 46.1 Å². The Morgan fingerprint density at radius 2 is 1.85 bits per heavy atom. The molecule has 1 amide bonds. The van der Waals surface area contributed by atoms with Crippen molar-refractivity contribution in [2.24, 2.45) is 0 Å². The number of alkyl halides is 3. The van der Waals surface area contributed by atoms with Crippen molar-refractivity contribution < 1.29 is 27.4 Å². The molecular weight excluding hydrogens is 439 g/mol. The third-order valence-electron chi connectivity index (χ3n) is 5.52. The number of amides is 1. The van der Waals surface area contributed by atoms with Gasteiger partial charge in [0.1, 0.15) is 6.54 Å². The van der Waals surface area contributed by atoms with Gasteiger partial charge < -0.3 is 9.47 Å². The van der Waals surface area contributed by atoms with Gasteiger partial charge in [-0.05, 0) is 38.5 Å². The van der Waals surface area contributed by atoms with Crippen LogP contribution in [0.3, 0.4) is 0 Å². The molecule has 0 N–H and O–H groups in total. The molecule has 174 valence electrons. The van der Waals surface area contributed by atoms with Gasteiger partial charge in [0.05, 0.1) is 48.6 Å². The molecule has 0 aliphatic carbocycles. The van der Waals surface area contributed by atoms with E-state index in [4.69, 9.17) is 14.5 Å². The van der Waals surface area contributed by atoms with Crippen molar-refractivity contribution in [2.75, 3.05) is 19.1 Å². The summed E-state index contributed by atoms with van der Waals surface area (Å²) in [4.78, 5) is 23.8. The molecule has 11 heteroatoms. The standard InChI is InChI=1S/C22H22F3N5O3/c1-12-6-15(13-7-16(32-4)19(33-5)26-8-13)28-18-17(12)20(31)30(21(18,2)3)14-9-27-29(10-14)11-22(23,24)25/h6-10H,11H2,1-5H3. The fourth-order valence-electron chi connectivity index (χ4n) is 4.05. The minimum absolute atomic E-state index is 0.265. The van der Waals surface area contributed by atoms with Crippen molar-refractivity contribution in [1.82, 2.24) is 19.7 Å². The molecule has 8 nitrogen and oxygen atoms in total. The summed E-state index contributed by atoms with van der Waals surface area (Å²) in [7, 11) is 2.99. The first kappa shape index (κ1) is 22.6. The van der Waals surface area contributed by atoms with E-state index in [1.807, 2.05) is 0 Å². The maximum Gasteiger partial charge on any atom is 0.408 e. The number of hydrogen-bond donors (Lipinski definition) is 0. The number of pyridine rings is 2. The van der Waals surface area contributed by atoms with E-state index in [1.165, 1.54) is 31.5 Å². The third kappa shape index (κ3) is 3.87. The number of carbonyl (C=O) groups excluding carboxylic acids is 1. The molecule has 33 heavy (non-hydrogen) atoms. The highest BCUT2D eigenvalue weighted by Crippen LogP contribution is 2.43. The van der Waals surface area contributed by atoms with Crippen molar-refractivity contribution in [3.63, 3.8) is 0 Å². The van der Waals surface area contributed by atoms with Crippen LogP contribution in [0.15, 0.2) is 30.7 Å². The Hall–Kier alpha value is -3.63. The Bertz CT molecular complexity index is 1240. The molecule has 0 bridgehead atoms. The zero-order chi connectivity index (χ0) is 24.1. The first-order valence-corrected chi connectivity index (χ1v) is 10.0. The summed E-state index contributed by atoms with van der Waals surface area (Å²) >= 11 is 0. The van der Waals surface area contributed by atoms with Crippen molar-refractivity contribution in [2.45, 2.75) is 39.0 Å². The Labute approximate surface area is 188 Å². The van der Waals surface area contributed by atoms with E-state index in [0.29, 0.717) is 39.7 Å². The lowest BCUT2D eigenvalue weighted by Gasteiger charge is -2.30. The lowest BCUT2D eigenvalue weighted by atomic mass is 9.96. The average molecular weight is 461 g/mol. The lowest BCUT2D eigenvalue weighted by Crippen LogP contribution is -2.39. The summed E-state index contributed by atoms with van der Waals surface area (Å²) in [6.07, 6.45) is -0.352. The van der Waals surface area contributed by atoms with Gasteiger partial charge in [-0.3, -0.25) is 14.4 Å². The van der Waals surface area contributed by atoms with Gasteiger partial charge in [0.2, 0.25) is 0 Å². The molecule has 1 aliphatic rings. The molecule has 1 aliphatic heterocycles. The van der Waals surface area contributed by atoms with Gasteiger partial charge >= 0.3 is 6.18 Å². The second kappa shape index (κ2) is 7.75. The fraction of sp³-hybridized carbons (Fsp3) is 0.364. The number of aromatic nitrogens is 4. The van der Waals surface area contributed by atoms with E-state index in [1.54, 1.807) is 39.1 Å². The number of aryl methyl sites for hydroxylation is 1. The molecule has 4 heterocycles. The molecule has 0 atom stereocenters. The van der Waals surface area contributed by atoms with Gasteiger partial charge in [-0.25, -0.2) is 9.97 Å². The Kier molecular flexibility index (Phi) is 5.30. The number of methoxy groups -OCH3 is 2. The van der Waals surface area contributed by atoms with Gasteiger partial charge in [0, 0.05) is 18.0 Å². The summed E-state index contributed by atoms with van der Waals surface area (Å²) in [6.45, 7) is 4.14. The predicted molar refractivity (Wildman–Crippen MR) is 113 cm³/mol. The molecule has 0 saturated heterocycles. The minimum Gasteiger partial charge on any atom is -0.491 e. The fourth-order valence-corrected chi connectivity index (χ4v) is 4.05. The molecule has 3 aromatic heterocycles. The van der Waals surface area contributed by atoms with Crippen LogP contribution in [0.25, 0.3) is 11.3 Å². The van der Waals surface area contributed by atoms with E-state index in [2.05, 4.69) is 10.1 Å². The van der Waals surface area contributed by atoms with E-state index < -0.39 is 18.3 Å². The molecule has 4 rings (SSSR count). The van der Waals surface area contributed by atoms with Crippen LogP contribution in [0.1, 0.15) is 35.5 Å². The van der Waals surface area contributed by atoms with Gasteiger partial charge in [0.25, 0.3) is 11.8 Å². The first-order valence-electron chi connectivity index (χ1n) is 10.0. The van der Waals surface area contributed by atoms with E-state index >= 15 is 0 Å². The van der Waals surface area contributed by atoms with Crippen LogP contribution >= 0.6 is 0 Å². The quantitative estimate of drug-likeness (QED) is 0.569. The minimum atomic E-state index is -4.42. The summed E-state index contributed by atoms with van der Waals surface area (Å²) in [5, 5.41) is 3.78. The van der Waals surface area contributed by atoms with E-state index in [0.717, 1.165) is 4.68 Å². The number of ether oxygens (including phenoxy) is 2. The zero-order valence-electron chi connectivity index (χ0n) is 18.7. The number of hydrogen-bond acceptors (Lipinski definition) is 6. The second-order valence-electron chi connectivity index (χ2n) is 8.19. The van der Waals surface area contributed by atoms with Crippen LogP contribution in [0.2, 0.25) is 0 Å². The average Bonchev–Trinajstić information content (AvgIpc) is 3.25. The van der Waals surface area contributed by atoms with Gasteiger partial charge in [0.15, 0.2) is 5.75 Å². The van der Waals surface area contributed by atoms with Gasteiger partial charge in [-0.1, -0.05) is 0 Å². The normalized spacial score (nSPS) is 15.0. The second-order valence-corrected chi connectivity index (χ2v) is 8.19. The molecule has 0 saturated carbocycles. The summed E-state index contributed by atoms with van der Waals surface area (Å²) in [6, 6.07) is 3.51. The number of anilines is 1. The molecule has 0 fully saturated rings. The predicted octanol–water partition coefficient (Wildman–Crippen LogP) is 4.12. The summed E-state index contributed by atoms with van der Waals surface area (Å²) in [5.41, 5.74) is 2.20. The smallest absolute Gasteiger partial charge is 0.408 e. The van der Waals surface area contributed by atoms with E-state index in [-0.39, 0.29) is 11.6 Å². The van der Waals surface area contributed by atoms with Crippen molar-refractivity contribution in [1.29, 1.82) is 0 Å². The Balaban J connectivity index is 1.77. The van der Waals surface area contributed by atoms with Crippen molar-refractivity contribution in [3.05, 3.63) is 47.5 Å². The molecular formula is C22H22F3N5O3. The Morgan fingerprint density at radius 3 is 2.48 bits per heavy atom. The highest BCUT2D eigenvalue weighted by molar-refractivity contribution is 6.12. The maximum atomic E-state index is 13.3. The molecule has 0 unspecified atom stereocenters. The summed E-state index contributed by atoms with van der Waals surface area (Å²) in [5.74, 6) is 0.421. The topological polar surface area (TPSA) is 82.4 Å². The van der Waals surface area contributed by atoms with Crippen molar-refractivity contribution >= 4 is 11.6 Å². The van der Waals surface area contributed by atoms with Crippen LogP contribution in [-0.2, 0) is 12.1 Å². The molecule has 0 radical (unpaired) electrons. The number of carbonyl (C=O) groups is 1. The maximum absolute atomic E-state index is 13.3. The summed E-state index contributed by atoms with van der Waals surface area (Å²) < 4.78 is 49.5. The highest BCUT2D eigenvalue weighted by Gasteiger charge is 2.47. The van der Waals surface area contributed by atoms with Crippen LogP contribution in [0.5, 0.6) is 11.6 Å². The number of fused-ring (bicyclic) bond motifs is 1. The number of halogens is 3. The molecule has 3 aromatic rings. The highest BCUT2D eigenvalue weighted by atomic mass is 19.4.